The Morgan fingerprint density at radius 1 is 0.816 bits per heavy atom. The van der Waals surface area contributed by atoms with E-state index in [2.05, 4.69) is 29.4 Å². The first-order chi connectivity index (χ1) is 17.9. The molecular formula is C30H40N6O2. The van der Waals surface area contributed by atoms with Crippen molar-refractivity contribution in [3.63, 3.8) is 0 Å². The van der Waals surface area contributed by atoms with Gasteiger partial charge in [-0.1, -0.05) is 38.1 Å². The van der Waals surface area contributed by atoms with Gasteiger partial charge in [0.15, 0.2) is 0 Å². The van der Waals surface area contributed by atoms with Gasteiger partial charge in [-0.2, -0.15) is 0 Å². The van der Waals surface area contributed by atoms with Gasteiger partial charge in [0, 0.05) is 50.7 Å². The van der Waals surface area contributed by atoms with Crippen LogP contribution in [-0.2, 0) is 6.54 Å². The number of carbonyl (C=O) groups excluding carboxylic acids is 2. The summed E-state index contributed by atoms with van der Waals surface area (Å²) in [6, 6.07) is 22.0. The molecule has 4 N–H and O–H groups in total. The molecule has 0 radical (unpaired) electrons. The number of para-hydroxylation sites is 2. The van der Waals surface area contributed by atoms with Crippen molar-refractivity contribution in [3.05, 3.63) is 83.9 Å². The van der Waals surface area contributed by atoms with E-state index in [1.54, 1.807) is 24.3 Å². The summed E-state index contributed by atoms with van der Waals surface area (Å²) >= 11 is 0. The molecule has 0 atom stereocenters. The number of benzene rings is 3. The summed E-state index contributed by atoms with van der Waals surface area (Å²) in [6.07, 6.45) is 0. The number of nitrogens with two attached hydrogens (primary N) is 1. The third-order valence-corrected chi connectivity index (χ3v) is 6.08. The lowest BCUT2D eigenvalue weighted by molar-refractivity contribution is 0.102. The zero-order valence-electron chi connectivity index (χ0n) is 23.3. The second-order valence-electron chi connectivity index (χ2n) is 10.9. The molecule has 3 aromatic rings. The maximum absolute atomic E-state index is 13.4. The molecule has 0 fully saturated rings. The molecule has 8 nitrogen and oxygen atoms in total. The minimum Gasteiger partial charge on any atom is -0.397 e. The molecule has 0 aliphatic heterocycles. The number of anilines is 4. The Balaban J connectivity index is 1.75. The predicted molar refractivity (Wildman–Crippen MR) is 158 cm³/mol. The van der Waals surface area contributed by atoms with E-state index >= 15 is 0 Å². The molecule has 0 saturated heterocycles. The van der Waals surface area contributed by atoms with Crippen molar-refractivity contribution >= 4 is 34.7 Å². The van der Waals surface area contributed by atoms with E-state index < -0.39 is 0 Å². The molecular weight excluding hydrogens is 476 g/mol. The Hall–Kier alpha value is -4.04. The molecule has 8 heteroatoms. The van der Waals surface area contributed by atoms with E-state index in [4.69, 9.17) is 5.73 Å². The second kappa shape index (κ2) is 12.5. The number of hydrogen-bond donors (Lipinski definition) is 3. The van der Waals surface area contributed by atoms with Crippen LogP contribution in [0.1, 0.15) is 29.8 Å². The van der Waals surface area contributed by atoms with Crippen LogP contribution in [0, 0.1) is 5.41 Å². The van der Waals surface area contributed by atoms with Gasteiger partial charge in [-0.25, -0.2) is 4.79 Å². The van der Waals surface area contributed by atoms with Crippen LogP contribution in [0.3, 0.4) is 0 Å². The number of rotatable bonds is 10. The normalized spacial score (nSPS) is 11.2. The van der Waals surface area contributed by atoms with Crippen LogP contribution in [0.5, 0.6) is 0 Å². The number of nitrogens with zero attached hydrogens (tertiary/aromatic N) is 3. The Morgan fingerprint density at radius 3 is 2.03 bits per heavy atom. The lowest BCUT2D eigenvalue weighted by Crippen LogP contribution is -2.44. The third-order valence-electron chi connectivity index (χ3n) is 6.08. The quantitative estimate of drug-likeness (QED) is 0.322. The Labute approximate surface area is 226 Å². The fourth-order valence-corrected chi connectivity index (χ4v) is 4.45. The van der Waals surface area contributed by atoms with Crippen molar-refractivity contribution in [2.45, 2.75) is 20.4 Å². The van der Waals surface area contributed by atoms with Crippen LogP contribution in [0.4, 0.5) is 27.5 Å². The van der Waals surface area contributed by atoms with Crippen molar-refractivity contribution in [3.8, 4) is 0 Å². The molecule has 0 heterocycles. The van der Waals surface area contributed by atoms with Gasteiger partial charge in [0.2, 0.25) is 0 Å². The van der Waals surface area contributed by atoms with Crippen molar-refractivity contribution in [1.82, 2.24) is 9.80 Å². The van der Waals surface area contributed by atoms with E-state index in [0.717, 1.165) is 23.5 Å². The van der Waals surface area contributed by atoms with E-state index in [9.17, 15) is 9.59 Å². The van der Waals surface area contributed by atoms with Crippen molar-refractivity contribution < 1.29 is 9.59 Å². The smallest absolute Gasteiger partial charge is 0.322 e. The summed E-state index contributed by atoms with van der Waals surface area (Å²) in [7, 11) is 8.03. The SMILES string of the molecule is CN(C)CC(C)(C)CN(Cc1ccc(C(=O)Nc2ccccc2N)cc1)C(=O)Nc1ccc(N(C)C)cc1. The van der Waals surface area contributed by atoms with Crippen LogP contribution >= 0.6 is 0 Å². The van der Waals surface area contributed by atoms with Gasteiger partial charge >= 0.3 is 6.03 Å². The number of nitrogens with one attached hydrogen (secondary N) is 2. The maximum Gasteiger partial charge on any atom is 0.322 e. The zero-order chi connectivity index (χ0) is 27.9. The van der Waals surface area contributed by atoms with E-state index in [1.807, 2.05) is 86.5 Å². The highest BCUT2D eigenvalue weighted by molar-refractivity contribution is 6.05. The molecule has 0 saturated carbocycles. The standard InChI is InChI=1S/C30H40N6O2/c1-30(2,20-34(3)4)21-36(29(38)32-24-15-17-25(18-16-24)35(5)6)19-22-11-13-23(14-12-22)28(37)33-27-10-8-7-9-26(27)31/h7-18H,19-21,31H2,1-6H3,(H,32,38)(H,33,37). The first-order valence-corrected chi connectivity index (χ1v) is 12.7. The van der Waals surface area contributed by atoms with Crippen LogP contribution in [0.15, 0.2) is 72.8 Å². The fraction of sp³-hybridized carbons (Fsp3) is 0.333. The molecule has 202 valence electrons. The number of urea groups is 1. The van der Waals surface area contributed by atoms with Crippen molar-refractivity contribution in [1.29, 1.82) is 0 Å². The number of hydrogen-bond acceptors (Lipinski definition) is 5. The molecule has 0 aliphatic rings. The highest BCUT2D eigenvalue weighted by atomic mass is 16.2. The van der Waals surface area contributed by atoms with E-state index in [1.165, 1.54) is 0 Å². The van der Waals surface area contributed by atoms with Crippen LogP contribution in [-0.4, -0.2) is 63.0 Å². The molecule has 38 heavy (non-hydrogen) atoms. The second-order valence-corrected chi connectivity index (χ2v) is 10.9. The summed E-state index contributed by atoms with van der Waals surface area (Å²) in [6.45, 7) is 6.11. The Bertz CT molecular complexity index is 1220. The van der Waals surface area contributed by atoms with Crippen molar-refractivity contribution in [2.75, 3.05) is 62.5 Å². The fourth-order valence-electron chi connectivity index (χ4n) is 4.45. The third kappa shape index (κ3) is 8.24. The van der Waals surface area contributed by atoms with Crippen molar-refractivity contribution in [2.24, 2.45) is 5.41 Å². The number of nitrogen functional groups attached to an aromatic ring is 1. The Kier molecular flexibility index (Phi) is 9.36. The molecule has 0 aliphatic carbocycles. The molecule has 0 aromatic heterocycles. The molecule has 3 rings (SSSR count). The number of carbonyl (C=O) groups is 2. The largest absolute Gasteiger partial charge is 0.397 e. The van der Waals surface area contributed by atoms with E-state index in [0.29, 0.717) is 30.0 Å². The maximum atomic E-state index is 13.4. The Morgan fingerprint density at radius 2 is 1.45 bits per heavy atom. The first kappa shape index (κ1) is 28.5. The van der Waals surface area contributed by atoms with Gasteiger partial charge in [-0.15, -0.1) is 0 Å². The van der Waals surface area contributed by atoms with Gasteiger partial charge in [-0.05, 0) is 73.6 Å². The summed E-state index contributed by atoms with van der Waals surface area (Å²) in [5, 5.41) is 5.89. The summed E-state index contributed by atoms with van der Waals surface area (Å²) in [5.41, 5.74) is 10.1. The lowest BCUT2D eigenvalue weighted by atomic mass is 9.92. The van der Waals surface area contributed by atoms with E-state index in [-0.39, 0.29) is 17.4 Å². The monoisotopic (exact) mass is 516 g/mol. The van der Waals surface area contributed by atoms with Gasteiger partial charge in [0.05, 0.1) is 11.4 Å². The first-order valence-electron chi connectivity index (χ1n) is 12.7. The molecule has 3 aromatic carbocycles. The number of amides is 3. The molecule has 0 spiro atoms. The average Bonchev–Trinajstić information content (AvgIpc) is 2.84. The topological polar surface area (TPSA) is 93.9 Å². The van der Waals surface area contributed by atoms with Gasteiger partial charge in [0.25, 0.3) is 5.91 Å². The molecule has 0 unspecified atom stereocenters. The lowest BCUT2D eigenvalue weighted by Gasteiger charge is -2.35. The van der Waals surface area contributed by atoms with Gasteiger partial charge in [0.1, 0.15) is 0 Å². The van der Waals surface area contributed by atoms with Crippen LogP contribution < -0.4 is 21.3 Å². The van der Waals surface area contributed by atoms with Crippen LogP contribution in [0.2, 0.25) is 0 Å². The van der Waals surface area contributed by atoms with Gasteiger partial charge < -0.3 is 31.1 Å². The average molecular weight is 517 g/mol. The summed E-state index contributed by atoms with van der Waals surface area (Å²) in [5.74, 6) is -0.239. The summed E-state index contributed by atoms with van der Waals surface area (Å²) in [4.78, 5) is 32.1. The molecule has 0 bridgehead atoms. The minimum atomic E-state index is -0.239. The highest BCUT2D eigenvalue weighted by Crippen LogP contribution is 2.23. The highest BCUT2D eigenvalue weighted by Gasteiger charge is 2.26. The summed E-state index contributed by atoms with van der Waals surface area (Å²) < 4.78 is 0. The zero-order valence-corrected chi connectivity index (χ0v) is 23.3. The van der Waals surface area contributed by atoms with Crippen LogP contribution in [0.25, 0.3) is 0 Å². The minimum absolute atomic E-state index is 0.134. The predicted octanol–water partition coefficient (Wildman–Crippen LogP) is 5.21. The molecule has 3 amide bonds. The van der Waals surface area contributed by atoms with Gasteiger partial charge in [-0.3, -0.25) is 4.79 Å².